The van der Waals surface area contributed by atoms with Gasteiger partial charge in [-0.05, 0) is 30.7 Å². The molecule has 1 aromatic rings. The lowest BCUT2D eigenvalue weighted by atomic mass is 10.2. The van der Waals surface area contributed by atoms with Gasteiger partial charge in [0.15, 0.2) is 0 Å². The van der Waals surface area contributed by atoms with Crippen molar-refractivity contribution in [1.82, 2.24) is 5.32 Å². The summed E-state index contributed by atoms with van der Waals surface area (Å²) in [6.07, 6.45) is 1.51. The molecule has 1 fully saturated rings. The van der Waals surface area contributed by atoms with Crippen LogP contribution >= 0.6 is 11.6 Å². The predicted octanol–water partition coefficient (Wildman–Crippen LogP) is 2.06. The van der Waals surface area contributed by atoms with E-state index in [1.165, 1.54) is 5.69 Å². The minimum Gasteiger partial charge on any atom is -0.370 e. The van der Waals surface area contributed by atoms with Gasteiger partial charge in [0.05, 0.1) is 0 Å². The second-order valence-electron chi connectivity index (χ2n) is 3.92. The van der Waals surface area contributed by atoms with Gasteiger partial charge in [-0.15, -0.1) is 0 Å². The Bertz CT molecular complexity index is 352. The normalized spacial score (nSPS) is 17.6. The highest BCUT2D eigenvalue weighted by atomic mass is 35.5. The first-order chi connectivity index (χ1) is 7.75. The van der Waals surface area contributed by atoms with Crippen LogP contribution < -0.4 is 10.2 Å². The fraction of sp³-hybridized carbons (Fsp3) is 0.417. The van der Waals surface area contributed by atoms with Gasteiger partial charge in [0.1, 0.15) is 0 Å². The summed E-state index contributed by atoms with van der Waals surface area (Å²) in [6.45, 7) is 2.49. The van der Waals surface area contributed by atoms with E-state index in [2.05, 4.69) is 10.2 Å². The van der Waals surface area contributed by atoms with Gasteiger partial charge in [-0.1, -0.05) is 11.6 Å². The average Bonchev–Trinajstić information content (AvgIpc) is 2.25. The summed E-state index contributed by atoms with van der Waals surface area (Å²) in [5.41, 5.74) is 1.17. The van der Waals surface area contributed by atoms with Crippen molar-refractivity contribution >= 4 is 23.2 Å². The van der Waals surface area contributed by atoms with Crippen molar-refractivity contribution in [1.29, 1.82) is 0 Å². The zero-order valence-electron chi connectivity index (χ0n) is 9.08. The molecule has 1 amide bonds. The maximum Gasteiger partial charge on any atom is 0.220 e. The Morgan fingerprint density at radius 1 is 1.19 bits per heavy atom. The Morgan fingerprint density at radius 2 is 1.94 bits per heavy atom. The van der Waals surface area contributed by atoms with Crippen LogP contribution in [-0.4, -0.2) is 25.5 Å². The van der Waals surface area contributed by atoms with E-state index < -0.39 is 0 Å². The van der Waals surface area contributed by atoms with Gasteiger partial charge in [-0.2, -0.15) is 0 Å². The number of carbonyl (C=O) groups excluding carboxylic acids is 1. The molecule has 1 aliphatic rings. The SMILES string of the molecule is O=C1CCCN(c2ccc(Cl)cc2)CCN1. The number of nitrogens with zero attached hydrogens (tertiary/aromatic N) is 1. The molecule has 2 rings (SSSR count). The smallest absolute Gasteiger partial charge is 0.220 e. The monoisotopic (exact) mass is 238 g/mol. The second-order valence-corrected chi connectivity index (χ2v) is 4.35. The van der Waals surface area contributed by atoms with Crippen molar-refractivity contribution < 1.29 is 4.79 Å². The van der Waals surface area contributed by atoms with Crippen molar-refractivity contribution in [2.45, 2.75) is 12.8 Å². The number of benzene rings is 1. The maximum atomic E-state index is 11.2. The third-order valence-corrected chi connectivity index (χ3v) is 2.98. The molecule has 0 unspecified atom stereocenters. The van der Waals surface area contributed by atoms with Crippen LogP contribution in [0.15, 0.2) is 24.3 Å². The molecule has 1 N–H and O–H groups in total. The topological polar surface area (TPSA) is 32.3 Å². The van der Waals surface area contributed by atoms with Crippen LogP contribution in [0.3, 0.4) is 0 Å². The molecule has 0 radical (unpaired) electrons. The van der Waals surface area contributed by atoms with Gasteiger partial charge in [-0.25, -0.2) is 0 Å². The molecule has 0 aromatic heterocycles. The van der Waals surface area contributed by atoms with Crippen LogP contribution in [0, 0.1) is 0 Å². The number of hydrogen-bond acceptors (Lipinski definition) is 2. The number of nitrogens with one attached hydrogen (secondary N) is 1. The van der Waals surface area contributed by atoms with Gasteiger partial charge in [0.2, 0.25) is 5.91 Å². The summed E-state index contributed by atoms with van der Waals surface area (Å²) < 4.78 is 0. The van der Waals surface area contributed by atoms with Gasteiger partial charge in [-0.3, -0.25) is 4.79 Å². The zero-order valence-corrected chi connectivity index (χ0v) is 9.83. The molecule has 4 heteroatoms. The lowest BCUT2D eigenvalue weighted by Gasteiger charge is -2.27. The third-order valence-electron chi connectivity index (χ3n) is 2.73. The number of carbonyl (C=O) groups is 1. The molecule has 0 saturated carbocycles. The van der Waals surface area contributed by atoms with E-state index >= 15 is 0 Å². The number of rotatable bonds is 1. The molecule has 16 heavy (non-hydrogen) atoms. The zero-order chi connectivity index (χ0) is 11.4. The second kappa shape index (κ2) is 5.21. The Morgan fingerprint density at radius 3 is 2.69 bits per heavy atom. The van der Waals surface area contributed by atoms with Crippen molar-refractivity contribution in [3.05, 3.63) is 29.3 Å². The van der Waals surface area contributed by atoms with E-state index in [1.54, 1.807) is 0 Å². The van der Waals surface area contributed by atoms with Crippen molar-refractivity contribution in [3.8, 4) is 0 Å². The van der Waals surface area contributed by atoms with Gasteiger partial charge in [0, 0.05) is 36.8 Å². The molecule has 1 heterocycles. The number of halogens is 1. The number of anilines is 1. The summed E-state index contributed by atoms with van der Waals surface area (Å²) >= 11 is 5.85. The molecule has 1 saturated heterocycles. The predicted molar refractivity (Wildman–Crippen MR) is 65.9 cm³/mol. The first-order valence-electron chi connectivity index (χ1n) is 5.53. The van der Waals surface area contributed by atoms with Gasteiger partial charge >= 0.3 is 0 Å². The van der Waals surface area contributed by atoms with E-state index in [0.29, 0.717) is 13.0 Å². The number of amides is 1. The minimum absolute atomic E-state index is 0.163. The van der Waals surface area contributed by atoms with Gasteiger partial charge < -0.3 is 10.2 Å². The highest BCUT2D eigenvalue weighted by Gasteiger charge is 2.11. The quantitative estimate of drug-likeness (QED) is 0.812. The van der Waals surface area contributed by atoms with Crippen LogP contribution in [0.4, 0.5) is 5.69 Å². The standard InChI is InChI=1S/C12H15ClN2O/c13-10-3-5-11(6-4-10)15-8-1-2-12(16)14-7-9-15/h3-6H,1-2,7-9H2,(H,14,16). The molecule has 0 aliphatic carbocycles. The molecular formula is C12H15ClN2O. The van der Waals surface area contributed by atoms with E-state index in [9.17, 15) is 4.79 Å². The Hall–Kier alpha value is -1.22. The first-order valence-corrected chi connectivity index (χ1v) is 5.91. The van der Waals surface area contributed by atoms with Crippen molar-refractivity contribution in [2.75, 3.05) is 24.5 Å². The summed E-state index contributed by atoms with van der Waals surface area (Å²) in [5, 5.41) is 3.64. The number of hydrogen-bond donors (Lipinski definition) is 1. The highest BCUT2D eigenvalue weighted by molar-refractivity contribution is 6.30. The molecule has 0 atom stereocenters. The molecule has 3 nitrogen and oxygen atoms in total. The Balaban J connectivity index is 2.03. The summed E-state index contributed by atoms with van der Waals surface area (Å²) in [7, 11) is 0. The van der Waals surface area contributed by atoms with Crippen LogP contribution in [0.5, 0.6) is 0 Å². The van der Waals surface area contributed by atoms with Crippen LogP contribution in [0.2, 0.25) is 5.02 Å². The Kier molecular flexibility index (Phi) is 3.67. The molecule has 0 bridgehead atoms. The van der Waals surface area contributed by atoms with E-state index in [4.69, 9.17) is 11.6 Å². The molecule has 86 valence electrons. The summed E-state index contributed by atoms with van der Waals surface area (Å²) in [6, 6.07) is 7.83. The van der Waals surface area contributed by atoms with E-state index in [-0.39, 0.29) is 5.91 Å². The lowest BCUT2D eigenvalue weighted by Crippen LogP contribution is -2.38. The molecule has 1 aromatic carbocycles. The van der Waals surface area contributed by atoms with E-state index in [0.717, 1.165) is 24.5 Å². The molecule has 0 spiro atoms. The first kappa shape index (κ1) is 11.3. The maximum absolute atomic E-state index is 11.2. The average molecular weight is 239 g/mol. The Labute approximate surface area is 100 Å². The van der Waals surface area contributed by atoms with Gasteiger partial charge in [0.25, 0.3) is 0 Å². The fourth-order valence-electron chi connectivity index (χ4n) is 1.87. The van der Waals surface area contributed by atoms with Crippen LogP contribution in [0.25, 0.3) is 0 Å². The van der Waals surface area contributed by atoms with Crippen molar-refractivity contribution in [3.63, 3.8) is 0 Å². The third kappa shape index (κ3) is 2.89. The summed E-state index contributed by atoms with van der Waals surface area (Å²) in [5.74, 6) is 0.163. The van der Waals surface area contributed by atoms with Crippen LogP contribution in [-0.2, 0) is 4.79 Å². The summed E-state index contributed by atoms with van der Waals surface area (Å²) in [4.78, 5) is 13.5. The van der Waals surface area contributed by atoms with Crippen molar-refractivity contribution in [2.24, 2.45) is 0 Å². The molecule has 1 aliphatic heterocycles. The minimum atomic E-state index is 0.163. The highest BCUT2D eigenvalue weighted by Crippen LogP contribution is 2.18. The fourth-order valence-corrected chi connectivity index (χ4v) is 2.00. The van der Waals surface area contributed by atoms with Crippen LogP contribution in [0.1, 0.15) is 12.8 Å². The van der Waals surface area contributed by atoms with E-state index in [1.807, 2.05) is 24.3 Å². The molecular weight excluding hydrogens is 224 g/mol. The largest absolute Gasteiger partial charge is 0.370 e. The lowest BCUT2D eigenvalue weighted by molar-refractivity contribution is -0.121.